The molecule has 0 radical (unpaired) electrons. The van der Waals surface area contributed by atoms with Gasteiger partial charge in [0.2, 0.25) is 0 Å². The molecule has 6 heteroatoms. The highest BCUT2D eigenvalue weighted by molar-refractivity contribution is 5.82. The first kappa shape index (κ1) is 19.5. The van der Waals surface area contributed by atoms with Gasteiger partial charge in [-0.1, -0.05) is 12.1 Å². The van der Waals surface area contributed by atoms with Crippen molar-refractivity contribution in [2.75, 3.05) is 46.4 Å². The van der Waals surface area contributed by atoms with Crippen molar-refractivity contribution in [3.8, 4) is 22.6 Å². The van der Waals surface area contributed by atoms with Crippen LogP contribution < -0.4 is 10.2 Å². The molecule has 0 amide bonds. The predicted molar refractivity (Wildman–Crippen MR) is 114 cm³/mol. The van der Waals surface area contributed by atoms with E-state index in [1.807, 2.05) is 24.3 Å². The molecule has 1 N–H and O–H groups in total. The Bertz CT molecular complexity index is 1020. The van der Waals surface area contributed by atoms with E-state index in [9.17, 15) is 9.90 Å². The van der Waals surface area contributed by atoms with Gasteiger partial charge < -0.3 is 24.1 Å². The Morgan fingerprint density at radius 1 is 1.07 bits per heavy atom. The molecule has 1 aliphatic rings. The SMILES string of the molecule is CN1CCN(CCCOc2ccc(-c3coc4cc(O)ccc4c3=O)cc2)CC1. The highest BCUT2D eigenvalue weighted by Crippen LogP contribution is 2.24. The van der Waals surface area contributed by atoms with Crippen LogP contribution in [0.25, 0.3) is 22.1 Å². The number of piperazine rings is 1. The summed E-state index contributed by atoms with van der Waals surface area (Å²) in [6.07, 6.45) is 2.43. The molecule has 0 aliphatic carbocycles. The molecule has 152 valence electrons. The van der Waals surface area contributed by atoms with E-state index in [4.69, 9.17) is 9.15 Å². The fraction of sp³-hybridized carbons (Fsp3) is 0.348. The van der Waals surface area contributed by atoms with E-state index in [0.717, 1.165) is 50.5 Å². The summed E-state index contributed by atoms with van der Waals surface area (Å²) in [6, 6.07) is 12.0. The number of ether oxygens (including phenoxy) is 1. The Balaban J connectivity index is 1.36. The highest BCUT2D eigenvalue weighted by atomic mass is 16.5. The molecule has 6 nitrogen and oxygen atoms in total. The molecular weight excluding hydrogens is 368 g/mol. The Labute approximate surface area is 169 Å². The molecule has 3 aromatic rings. The number of rotatable bonds is 6. The van der Waals surface area contributed by atoms with E-state index >= 15 is 0 Å². The first-order chi connectivity index (χ1) is 14.1. The number of hydrogen-bond donors (Lipinski definition) is 1. The van der Waals surface area contributed by atoms with Crippen LogP contribution in [-0.2, 0) is 0 Å². The number of benzene rings is 2. The molecule has 0 bridgehead atoms. The van der Waals surface area contributed by atoms with Gasteiger partial charge in [-0.2, -0.15) is 0 Å². The zero-order valence-electron chi connectivity index (χ0n) is 16.6. The number of aromatic hydroxyl groups is 1. The third-order valence-electron chi connectivity index (χ3n) is 5.41. The highest BCUT2D eigenvalue weighted by Gasteiger charge is 2.13. The lowest BCUT2D eigenvalue weighted by molar-refractivity contribution is 0.145. The Morgan fingerprint density at radius 3 is 2.59 bits per heavy atom. The van der Waals surface area contributed by atoms with Crippen molar-refractivity contribution in [1.29, 1.82) is 0 Å². The Hall–Kier alpha value is -2.83. The molecule has 0 unspecified atom stereocenters. The van der Waals surface area contributed by atoms with Crippen LogP contribution in [0.1, 0.15) is 6.42 Å². The normalized spacial score (nSPS) is 15.6. The molecule has 0 saturated carbocycles. The van der Waals surface area contributed by atoms with Gasteiger partial charge in [-0.15, -0.1) is 0 Å². The van der Waals surface area contributed by atoms with Gasteiger partial charge in [0.05, 0.1) is 17.6 Å². The monoisotopic (exact) mass is 394 g/mol. The zero-order valence-corrected chi connectivity index (χ0v) is 16.6. The van der Waals surface area contributed by atoms with Gasteiger partial charge in [0.1, 0.15) is 23.3 Å². The minimum absolute atomic E-state index is 0.0718. The van der Waals surface area contributed by atoms with Crippen LogP contribution in [0.15, 0.2) is 57.9 Å². The maximum atomic E-state index is 12.7. The van der Waals surface area contributed by atoms with Crippen LogP contribution in [0.2, 0.25) is 0 Å². The maximum absolute atomic E-state index is 12.7. The van der Waals surface area contributed by atoms with Crippen LogP contribution in [0.3, 0.4) is 0 Å². The van der Waals surface area contributed by atoms with E-state index < -0.39 is 0 Å². The smallest absolute Gasteiger partial charge is 0.200 e. The van der Waals surface area contributed by atoms with Crippen molar-refractivity contribution in [1.82, 2.24) is 9.80 Å². The van der Waals surface area contributed by atoms with Gasteiger partial charge in [-0.3, -0.25) is 4.79 Å². The molecule has 1 saturated heterocycles. The third-order valence-corrected chi connectivity index (χ3v) is 5.41. The van der Waals surface area contributed by atoms with Gasteiger partial charge >= 0.3 is 0 Å². The summed E-state index contributed by atoms with van der Waals surface area (Å²) in [6.45, 7) is 6.24. The van der Waals surface area contributed by atoms with Crippen LogP contribution in [0.5, 0.6) is 11.5 Å². The lowest BCUT2D eigenvalue weighted by atomic mass is 10.1. The van der Waals surface area contributed by atoms with Crippen LogP contribution in [-0.4, -0.2) is 61.3 Å². The Morgan fingerprint density at radius 2 is 1.83 bits per heavy atom. The van der Waals surface area contributed by atoms with Crippen molar-refractivity contribution in [3.63, 3.8) is 0 Å². The third kappa shape index (κ3) is 4.60. The summed E-state index contributed by atoms with van der Waals surface area (Å²) < 4.78 is 11.4. The van der Waals surface area contributed by atoms with Crippen LogP contribution in [0.4, 0.5) is 0 Å². The number of hydrogen-bond acceptors (Lipinski definition) is 6. The van der Waals surface area contributed by atoms with Gasteiger partial charge in [0.25, 0.3) is 0 Å². The molecular formula is C23H26N2O4. The average molecular weight is 394 g/mol. The number of nitrogens with zero attached hydrogens (tertiary/aromatic N) is 2. The summed E-state index contributed by atoms with van der Waals surface area (Å²) in [5.41, 5.74) is 1.52. The molecule has 1 fully saturated rings. The minimum atomic E-state index is -0.118. The molecule has 29 heavy (non-hydrogen) atoms. The van der Waals surface area contributed by atoms with Crippen molar-refractivity contribution in [2.24, 2.45) is 0 Å². The molecule has 2 aromatic carbocycles. The predicted octanol–water partition coefficient (Wildman–Crippen LogP) is 3.18. The van der Waals surface area contributed by atoms with Crippen LogP contribution >= 0.6 is 0 Å². The number of fused-ring (bicyclic) bond motifs is 1. The largest absolute Gasteiger partial charge is 0.508 e. The average Bonchev–Trinajstić information content (AvgIpc) is 2.73. The molecule has 1 aliphatic heterocycles. The van der Waals surface area contributed by atoms with Gasteiger partial charge in [0.15, 0.2) is 5.43 Å². The minimum Gasteiger partial charge on any atom is -0.508 e. The van der Waals surface area contributed by atoms with Crippen molar-refractivity contribution in [3.05, 3.63) is 59.0 Å². The summed E-state index contributed by atoms with van der Waals surface area (Å²) in [4.78, 5) is 17.6. The standard InChI is InChI=1S/C23H26N2O4/c1-24-10-12-25(13-11-24)9-2-14-28-19-6-3-17(4-7-19)21-16-29-22-15-18(26)5-8-20(22)23(21)27/h3-8,15-16,26H,2,9-14H2,1H3. The number of phenolic OH excluding ortho intramolecular Hbond substituents is 1. The molecule has 4 rings (SSSR count). The van der Waals surface area contributed by atoms with E-state index in [0.29, 0.717) is 23.1 Å². The second kappa shape index (κ2) is 8.68. The Kier molecular flexibility index (Phi) is 5.83. The van der Waals surface area contributed by atoms with Gasteiger partial charge in [-0.05, 0) is 43.3 Å². The van der Waals surface area contributed by atoms with E-state index in [1.165, 1.54) is 18.4 Å². The molecule has 1 aromatic heterocycles. The molecule has 0 atom stereocenters. The lowest BCUT2D eigenvalue weighted by Crippen LogP contribution is -2.44. The van der Waals surface area contributed by atoms with Gasteiger partial charge in [-0.25, -0.2) is 0 Å². The summed E-state index contributed by atoms with van der Waals surface area (Å²) in [7, 11) is 2.16. The first-order valence-electron chi connectivity index (χ1n) is 9.99. The summed E-state index contributed by atoms with van der Waals surface area (Å²) in [5.74, 6) is 0.866. The number of phenols is 1. The second-order valence-corrected chi connectivity index (χ2v) is 7.53. The van der Waals surface area contributed by atoms with E-state index in [1.54, 1.807) is 6.07 Å². The number of likely N-dealkylation sites (N-methyl/N-ethyl adjacent to an activating group) is 1. The topological polar surface area (TPSA) is 66.2 Å². The van der Waals surface area contributed by atoms with E-state index in [2.05, 4.69) is 16.8 Å². The summed E-state index contributed by atoms with van der Waals surface area (Å²) >= 11 is 0. The maximum Gasteiger partial charge on any atom is 0.200 e. The molecule has 2 heterocycles. The fourth-order valence-corrected chi connectivity index (χ4v) is 3.60. The first-order valence-corrected chi connectivity index (χ1v) is 9.99. The van der Waals surface area contributed by atoms with E-state index in [-0.39, 0.29) is 11.2 Å². The quantitative estimate of drug-likeness (QED) is 0.648. The van der Waals surface area contributed by atoms with Gasteiger partial charge in [0, 0.05) is 38.8 Å². The lowest BCUT2D eigenvalue weighted by Gasteiger charge is -2.32. The van der Waals surface area contributed by atoms with Crippen molar-refractivity contribution < 1.29 is 14.3 Å². The van der Waals surface area contributed by atoms with Crippen molar-refractivity contribution >= 4 is 11.0 Å². The molecule has 0 spiro atoms. The van der Waals surface area contributed by atoms with Crippen molar-refractivity contribution in [2.45, 2.75) is 6.42 Å². The van der Waals surface area contributed by atoms with Crippen LogP contribution in [0, 0.1) is 0 Å². The fourth-order valence-electron chi connectivity index (χ4n) is 3.60. The summed E-state index contributed by atoms with van der Waals surface area (Å²) in [5, 5.41) is 9.98. The second-order valence-electron chi connectivity index (χ2n) is 7.53. The zero-order chi connectivity index (χ0) is 20.2.